The van der Waals surface area contributed by atoms with E-state index in [1.807, 2.05) is 47.0 Å². The summed E-state index contributed by atoms with van der Waals surface area (Å²) in [7, 11) is 2.20. The third-order valence-electron chi connectivity index (χ3n) is 7.90. The number of amides is 1. The van der Waals surface area contributed by atoms with Crippen molar-refractivity contribution in [3.05, 3.63) is 78.1 Å². The van der Waals surface area contributed by atoms with Gasteiger partial charge in [0.2, 0.25) is 0 Å². The minimum atomic E-state index is -0.0581. The van der Waals surface area contributed by atoms with E-state index < -0.39 is 0 Å². The van der Waals surface area contributed by atoms with Crippen LogP contribution in [0.5, 0.6) is 0 Å². The second kappa shape index (κ2) is 11.1. The number of thiazole rings is 1. The Bertz CT molecular complexity index is 1380. The predicted octanol–water partition coefficient (Wildman–Crippen LogP) is 4.52. The van der Waals surface area contributed by atoms with Crippen LogP contribution in [0.15, 0.2) is 66.8 Å². The number of fused-ring (bicyclic) bond motifs is 1. The Kier molecular flexibility index (Phi) is 7.31. The van der Waals surface area contributed by atoms with Crippen LogP contribution in [0.3, 0.4) is 0 Å². The summed E-state index contributed by atoms with van der Waals surface area (Å²) in [6, 6.07) is 11.0. The van der Waals surface area contributed by atoms with Crippen molar-refractivity contribution >= 4 is 28.3 Å². The van der Waals surface area contributed by atoms with Crippen molar-refractivity contribution in [3.8, 4) is 11.3 Å². The maximum absolute atomic E-state index is 13.7. The van der Waals surface area contributed by atoms with E-state index in [2.05, 4.69) is 43.3 Å². The van der Waals surface area contributed by atoms with Crippen molar-refractivity contribution in [2.45, 2.75) is 37.8 Å². The van der Waals surface area contributed by atoms with Crippen LogP contribution in [0.2, 0.25) is 0 Å². The smallest absolute Gasteiger partial charge is 0.261 e. The summed E-state index contributed by atoms with van der Waals surface area (Å²) in [6.07, 6.45) is 14.9. The Morgan fingerprint density at radius 1 is 1.03 bits per heavy atom. The highest BCUT2D eigenvalue weighted by Gasteiger charge is 2.32. The molecule has 1 saturated heterocycles. The van der Waals surface area contributed by atoms with Crippen LogP contribution in [0.1, 0.15) is 41.7 Å². The SMILES string of the molecule is CN1CCN(C2CCC(N(/C=C/c3c(-c4ccccc4)nc4sccn34)C(=O)c3cncnc3)CC2)CC1. The number of hydrogen-bond donors (Lipinski definition) is 0. The summed E-state index contributed by atoms with van der Waals surface area (Å²) in [6.45, 7) is 4.53. The van der Waals surface area contributed by atoms with Crippen molar-refractivity contribution in [3.63, 3.8) is 0 Å². The maximum atomic E-state index is 13.7. The van der Waals surface area contributed by atoms with Gasteiger partial charge in [0.05, 0.1) is 17.0 Å². The standard InChI is InChI=1S/C29H33N7OS/c1-33-13-15-34(16-14-33)24-7-9-25(10-8-24)35(28(37)23-19-30-21-31-20-23)12-11-26-27(22-5-3-2-4-6-22)32-29-36(26)17-18-38-29/h2-6,11-12,17-21,24-25H,7-10,13-16H2,1H3/b12-11+. The third kappa shape index (κ3) is 5.14. The Hall–Kier alpha value is -3.40. The summed E-state index contributed by atoms with van der Waals surface area (Å²) >= 11 is 1.61. The fourth-order valence-corrected chi connectivity index (χ4v) is 6.45. The van der Waals surface area contributed by atoms with Crippen LogP contribution in [-0.4, -0.2) is 85.3 Å². The van der Waals surface area contributed by atoms with E-state index in [0.29, 0.717) is 11.6 Å². The number of piperazine rings is 1. The van der Waals surface area contributed by atoms with Gasteiger partial charge in [0.1, 0.15) is 6.33 Å². The van der Waals surface area contributed by atoms with Crippen LogP contribution in [-0.2, 0) is 0 Å². The zero-order valence-corrected chi connectivity index (χ0v) is 22.5. The van der Waals surface area contributed by atoms with E-state index in [0.717, 1.165) is 73.8 Å². The predicted molar refractivity (Wildman–Crippen MR) is 151 cm³/mol. The van der Waals surface area contributed by atoms with Gasteiger partial charge in [-0.25, -0.2) is 15.0 Å². The molecule has 1 aliphatic heterocycles. The summed E-state index contributed by atoms with van der Waals surface area (Å²) in [5, 5.41) is 2.04. The molecule has 2 fully saturated rings. The molecular weight excluding hydrogens is 494 g/mol. The van der Waals surface area contributed by atoms with E-state index in [-0.39, 0.29) is 11.9 Å². The molecule has 0 bridgehead atoms. The Labute approximate surface area is 227 Å². The summed E-state index contributed by atoms with van der Waals surface area (Å²) in [4.78, 5) is 34.8. The Morgan fingerprint density at radius 2 is 1.76 bits per heavy atom. The minimum Gasteiger partial charge on any atom is -0.312 e. The van der Waals surface area contributed by atoms with Gasteiger partial charge in [-0.15, -0.1) is 11.3 Å². The molecule has 38 heavy (non-hydrogen) atoms. The molecule has 1 amide bonds. The number of benzene rings is 1. The van der Waals surface area contributed by atoms with Crippen molar-refractivity contribution in [2.24, 2.45) is 0 Å². The number of carbonyl (C=O) groups excluding carboxylic acids is 1. The highest BCUT2D eigenvalue weighted by Crippen LogP contribution is 2.31. The lowest BCUT2D eigenvalue weighted by atomic mass is 9.88. The summed E-state index contributed by atoms with van der Waals surface area (Å²) in [5.41, 5.74) is 3.46. The Balaban J connectivity index is 1.28. The molecule has 4 aromatic rings. The lowest BCUT2D eigenvalue weighted by Crippen LogP contribution is -2.51. The van der Waals surface area contributed by atoms with Crippen LogP contribution in [0.4, 0.5) is 0 Å². The van der Waals surface area contributed by atoms with E-state index >= 15 is 0 Å². The molecule has 0 atom stereocenters. The quantitative estimate of drug-likeness (QED) is 0.367. The van der Waals surface area contributed by atoms with E-state index in [4.69, 9.17) is 4.98 Å². The average molecular weight is 528 g/mol. The molecule has 6 rings (SSSR count). The number of aromatic nitrogens is 4. The number of hydrogen-bond acceptors (Lipinski definition) is 7. The second-order valence-electron chi connectivity index (χ2n) is 10.2. The highest BCUT2D eigenvalue weighted by molar-refractivity contribution is 7.15. The van der Waals surface area contributed by atoms with E-state index in [1.165, 1.54) is 6.33 Å². The topological polar surface area (TPSA) is 69.9 Å². The van der Waals surface area contributed by atoms with Crippen LogP contribution < -0.4 is 0 Å². The third-order valence-corrected chi connectivity index (χ3v) is 8.65. The molecular formula is C29H33N7OS. The van der Waals surface area contributed by atoms with Gasteiger partial charge >= 0.3 is 0 Å². The van der Waals surface area contributed by atoms with Gasteiger partial charge in [-0.05, 0) is 38.8 Å². The molecule has 9 heteroatoms. The number of nitrogens with zero attached hydrogens (tertiary/aromatic N) is 7. The molecule has 4 heterocycles. The van der Waals surface area contributed by atoms with Crippen LogP contribution >= 0.6 is 11.3 Å². The molecule has 3 aromatic heterocycles. The second-order valence-corrected chi connectivity index (χ2v) is 11.1. The van der Waals surface area contributed by atoms with Crippen molar-refractivity contribution in [1.82, 2.24) is 34.1 Å². The van der Waals surface area contributed by atoms with Gasteiger partial charge in [-0.2, -0.15) is 0 Å². The monoisotopic (exact) mass is 527 g/mol. The van der Waals surface area contributed by atoms with Gasteiger partial charge in [0.25, 0.3) is 5.91 Å². The molecule has 0 spiro atoms. The average Bonchev–Trinajstić information content (AvgIpc) is 3.57. The van der Waals surface area contributed by atoms with Crippen molar-refractivity contribution in [1.29, 1.82) is 0 Å². The number of rotatable bonds is 6. The first kappa shape index (κ1) is 24.9. The zero-order chi connectivity index (χ0) is 25.9. The first-order chi connectivity index (χ1) is 18.7. The lowest BCUT2D eigenvalue weighted by Gasteiger charge is -2.42. The summed E-state index contributed by atoms with van der Waals surface area (Å²) < 4.78 is 2.10. The maximum Gasteiger partial charge on any atom is 0.261 e. The molecule has 0 radical (unpaired) electrons. The fourth-order valence-electron chi connectivity index (χ4n) is 5.72. The molecule has 196 valence electrons. The molecule has 2 aliphatic rings. The van der Waals surface area contributed by atoms with Crippen molar-refractivity contribution < 1.29 is 4.79 Å². The van der Waals surface area contributed by atoms with Crippen molar-refractivity contribution in [2.75, 3.05) is 33.2 Å². The number of carbonyl (C=O) groups is 1. The van der Waals surface area contributed by atoms with Gasteiger partial charge in [0, 0.05) is 74.0 Å². The van der Waals surface area contributed by atoms with Gasteiger partial charge in [-0.1, -0.05) is 30.3 Å². The van der Waals surface area contributed by atoms with E-state index in [1.54, 1.807) is 23.7 Å². The normalized spacial score (nSPS) is 21.3. The van der Waals surface area contributed by atoms with Crippen LogP contribution in [0, 0.1) is 0 Å². The molecule has 1 aromatic carbocycles. The first-order valence-corrected chi connectivity index (χ1v) is 14.2. The lowest BCUT2D eigenvalue weighted by molar-refractivity contribution is 0.0591. The molecule has 8 nitrogen and oxygen atoms in total. The number of likely N-dealkylation sites (N-methyl/N-ethyl adjacent to an activating group) is 1. The summed E-state index contributed by atoms with van der Waals surface area (Å²) in [5.74, 6) is -0.0581. The molecule has 1 aliphatic carbocycles. The van der Waals surface area contributed by atoms with Gasteiger partial charge in [-0.3, -0.25) is 14.1 Å². The first-order valence-electron chi connectivity index (χ1n) is 13.4. The van der Waals surface area contributed by atoms with Crippen LogP contribution in [0.25, 0.3) is 22.3 Å². The molecule has 1 saturated carbocycles. The van der Waals surface area contributed by atoms with Gasteiger partial charge < -0.3 is 9.80 Å². The van der Waals surface area contributed by atoms with Gasteiger partial charge in [0.15, 0.2) is 4.96 Å². The Morgan fingerprint density at radius 3 is 2.50 bits per heavy atom. The number of imidazole rings is 1. The fraction of sp³-hybridized carbons (Fsp3) is 0.379. The largest absolute Gasteiger partial charge is 0.312 e. The zero-order valence-electron chi connectivity index (χ0n) is 21.7. The van der Waals surface area contributed by atoms with E-state index in [9.17, 15) is 4.79 Å². The molecule has 0 N–H and O–H groups in total. The minimum absolute atomic E-state index is 0.0581. The molecule has 0 unspecified atom stereocenters. The highest BCUT2D eigenvalue weighted by atomic mass is 32.1.